The highest BCUT2D eigenvalue weighted by molar-refractivity contribution is 6.30. The summed E-state index contributed by atoms with van der Waals surface area (Å²) in [5, 5.41) is 6.51. The smallest absolute Gasteiger partial charge is 0.407 e. The Labute approximate surface area is 185 Å². The van der Waals surface area contributed by atoms with Crippen molar-refractivity contribution in [2.24, 2.45) is 11.8 Å². The van der Waals surface area contributed by atoms with E-state index in [2.05, 4.69) is 27.7 Å². The molecule has 7 heteroatoms. The van der Waals surface area contributed by atoms with Crippen molar-refractivity contribution in [3.05, 3.63) is 34.9 Å². The summed E-state index contributed by atoms with van der Waals surface area (Å²) in [6.45, 7) is 9.85. The normalized spacial score (nSPS) is 16.3. The van der Waals surface area contributed by atoms with Gasteiger partial charge in [0.1, 0.15) is 6.04 Å². The molecule has 1 aromatic rings. The first-order valence-electron chi connectivity index (χ1n) is 11.1. The molecule has 0 radical (unpaired) electrons. The molecule has 1 unspecified atom stereocenters. The zero-order chi connectivity index (χ0) is 21.9. The van der Waals surface area contributed by atoms with Crippen LogP contribution in [0.1, 0.15) is 52.0 Å². The molecule has 1 fully saturated rings. The summed E-state index contributed by atoms with van der Waals surface area (Å²) in [7, 11) is 0. The van der Waals surface area contributed by atoms with Gasteiger partial charge >= 0.3 is 6.09 Å². The van der Waals surface area contributed by atoms with E-state index in [1.54, 1.807) is 0 Å². The zero-order valence-corrected chi connectivity index (χ0v) is 19.2. The van der Waals surface area contributed by atoms with E-state index in [1.807, 2.05) is 32.9 Å². The third-order valence-electron chi connectivity index (χ3n) is 5.55. The SMILES string of the molecule is CCCCOC(=O)NC(C(=O)NCC1CCN(Cc2ccc(Cl)cc2)CC1)C(C)C. The predicted octanol–water partition coefficient (Wildman–Crippen LogP) is 4.22. The Morgan fingerprint density at radius 2 is 1.87 bits per heavy atom. The summed E-state index contributed by atoms with van der Waals surface area (Å²) in [4.78, 5) is 27.0. The van der Waals surface area contributed by atoms with Crippen LogP contribution in [0.3, 0.4) is 0 Å². The minimum Gasteiger partial charge on any atom is -0.450 e. The first kappa shape index (κ1) is 24.5. The molecule has 1 aliphatic heterocycles. The van der Waals surface area contributed by atoms with Crippen molar-refractivity contribution in [3.8, 4) is 0 Å². The van der Waals surface area contributed by atoms with Crippen molar-refractivity contribution < 1.29 is 14.3 Å². The van der Waals surface area contributed by atoms with Gasteiger partial charge < -0.3 is 15.4 Å². The molecule has 30 heavy (non-hydrogen) atoms. The lowest BCUT2D eigenvalue weighted by Crippen LogP contribution is -2.51. The molecule has 0 saturated carbocycles. The summed E-state index contributed by atoms with van der Waals surface area (Å²) in [5.74, 6) is 0.311. The molecule has 0 spiro atoms. The van der Waals surface area contributed by atoms with Crippen LogP contribution in [0, 0.1) is 11.8 Å². The van der Waals surface area contributed by atoms with Crippen LogP contribution in [0.4, 0.5) is 4.79 Å². The average Bonchev–Trinajstić information content (AvgIpc) is 2.73. The molecule has 2 N–H and O–H groups in total. The molecule has 1 heterocycles. The van der Waals surface area contributed by atoms with Crippen LogP contribution < -0.4 is 10.6 Å². The Morgan fingerprint density at radius 3 is 2.47 bits per heavy atom. The Bertz CT molecular complexity index is 658. The lowest BCUT2D eigenvalue weighted by Gasteiger charge is -2.32. The number of rotatable bonds is 10. The fourth-order valence-electron chi connectivity index (χ4n) is 3.56. The highest BCUT2D eigenvalue weighted by Crippen LogP contribution is 2.19. The number of amides is 2. The fourth-order valence-corrected chi connectivity index (χ4v) is 3.69. The van der Waals surface area contributed by atoms with Gasteiger partial charge in [0, 0.05) is 18.1 Å². The molecule has 1 atom stereocenters. The van der Waals surface area contributed by atoms with Crippen LogP contribution in [0.2, 0.25) is 5.02 Å². The minimum absolute atomic E-state index is 0.00931. The van der Waals surface area contributed by atoms with E-state index in [0.29, 0.717) is 19.1 Å². The lowest BCUT2D eigenvalue weighted by atomic mass is 9.96. The van der Waals surface area contributed by atoms with Crippen molar-refractivity contribution in [2.75, 3.05) is 26.2 Å². The maximum atomic E-state index is 12.6. The number of carbonyl (C=O) groups is 2. The summed E-state index contributed by atoms with van der Waals surface area (Å²) in [6, 6.07) is 7.42. The van der Waals surface area contributed by atoms with Crippen LogP contribution in [0.5, 0.6) is 0 Å². The van der Waals surface area contributed by atoms with Gasteiger partial charge in [-0.1, -0.05) is 50.9 Å². The quantitative estimate of drug-likeness (QED) is 0.537. The van der Waals surface area contributed by atoms with E-state index < -0.39 is 12.1 Å². The number of nitrogens with one attached hydrogen (secondary N) is 2. The number of benzene rings is 1. The van der Waals surface area contributed by atoms with Gasteiger partial charge in [-0.2, -0.15) is 0 Å². The second-order valence-electron chi connectivity index (χ2n) is 8.45. The number of hydrogen-bond donors (Lipinski definition) is 2. The summed E-state index contributed by atoms with van der Waals surface area (Å²) in [5.41, 5.74) is 1.27. The largest absolute Gasteiger partial charge is 0.450 e. The van der Waals surface area contributed by atoms with Crippen molar-refractivity contribution in [1.82, 2.24) is 15.5 Å². The Kier molecular flexibility index (Phi) is 10.4. The first-order chi connectivity index (χ1) is 14.4. The van der Waals surface area contributed by atoms with Gasteiger partial charge in [-0.15, -0.1) is 0 Å². The highest BCUT2D eigenvalue weighted by atomic mass is 35.5. The number of halogens is 1. The van der Waals surface area contributed by atoms with Gasteiger partial charge in [-0.3, -0.25) is 9.69 Å². The average molecular weight is 438 g/mol. The molecule has 2 rings (SSSR count). The molecule has 1 aliphatic rings. The van der Waals surface area contributed by atoms with Crippen molar-refractivity contribution in [3.63, 3.8) is 0 Å². The fraction of sp³-hybridized carbons (Fsp3) is 0.652. The lowest BCUT2D eigenvalue weighted by molar-refractivity contribution is -0.124. The molecule has 0 bridgehead atoms. The Morgan fingerprint density at radius 1 is 1.20 bits per heavy atom. The number of carbonyl (C=O) groups excluding carboxylic acids is 2. The van der Waals surface area contributed by atoms with E-state index in [1.165, 1.54) is 5.56 Å². The van der Waals surface area contributed by atoms with E-state index in [4.69, 9.17) is 16.3 Å². The van der Waals surface area contributed by atoms with E-state index in [0.717, 1.165) is 50.3 Å². The number of unbranched alkanes of at least 4 members (excludes halogenated alkanes) is 1. The van der Waals surface area contributed by atoms with Gasteiger partial charge in [0.25, 0.3) is 0 Å². The van der Waals surface area contributed by atoms with E-state index >= 15 is 0 Å². The molecular formula is C23H36ClN3O3. The van der Waals surface area contributed by atoms with E-state index in [-0.39, 0.29) is 11.8 Å². The van der Waals surface area contributed by atoms with Gasteiger partial charge in [0.15, 0.2) is 0 Å². The van der Waals surface area contributed by atoms with Crippen LogP contribution >= 0.6 is 11.6 Å². The van der Waals surface area contributed by atoms with Gasteiger partial charge in [0.2, 0.25) is 5.91 Å². The number of alkyl carbamates (subject to hydrolysis) is 1. The Hall–Kier alpha value is -1.79. The molecule has 168 valence electrons. The van der Waals surface area contributed by atoms with Crippen molar-refractivity contribution in [2.45, 2.75) is 59.0 Å². The first-order valence-corrected chi connectivity index (χ1v) is 11.4. The maximum absolute atomic E-state index is 12.6. The third kappa shape index (κ3) is 8.52. The van der Waals surface area contributed by atoms with Crippen molar-refractivity contribution in [1.29, 1.82) is 0 Å². The maximum Gasteiger partial charge on any atom is 0.407 e. The molecule has 1 aromatic carbocycles. The number of ether oxygens (including phenoxy) is 1. The van der Waals surface area contributed by atoms with Gasteiger partial charge in [-0.25, -0.2) is 4.79 Å². The number of hydrogen-bond acceptors (Lipinski definition) is 4. The predicted molar refractivity (Wildman–Crippen MR) is 120 cm³/mol. The number of piperidine rings is 1. The molecule has 0 aliphatic carbocycles. The van der Waals surface area contributed by atoms with Crippen molar-refractivity contribution >= 4 is 23.6 Å². The van der Waals surface area contributed by atoms with Crippen LogP contribution in [-0.4, -0.2) is 49.2 Å². The monoisotopic (exact) mass is 437 g/mol. The van der Waals surface area contributed by atoms with Gasteiger partial charge in [-0.05, 0) is 61.9 Å². The highest BCUT2D eigenvalue weighted by Gasteiger charge is 2.26. The number of nitrogens with zero attached hydrogens (tertiary/aromatic N) is 1. The zero-order valence-electron chi connectivity index (χ0n) is 18.5. The molecule has 1 saturated heterocycles. The molecular weight excluding hydrogens is 402 g/mol. The summed E-state index contributed by atoms with van der Waals surface area (Å²) >= 11 is 5.95. The van der Waals surface area contributed by atoms with Crippen LogP contribution in [-0.2, 0) is 16.1 Å². The third-order valence-corrected chi connectivity index (χ3v) is 5.80. The topological polar surface area (TPSA) is 70.7 Å². The summed E-state index contributed by atoms with van der Waals surface area (Å²) in [6.07, 6.45) is 3.36. The number of likely N-dealkylation sites (tertiary alicyclic amines) is 1. The Balaban J connectivity index is 1.71. The second-order valence-corrected chi connectivity index (χ2v) is 8.88. The molecule has 6 nitrogen and oxygen atoms in total. The standard InChI is InChI=1S/C23H36ClN3O3/c1-4-5-14-30-23(29)26-21(17(2)3)22(28)25-15-18-10-12-27(13-11-18)16-19-6-8-20(24)9-7-19/h6-9,17-18,21H,4-5,10-16H2,1-3H3,(H,25,28)(H,26,29). The second kappa shape index (κ2) is 12.8. The molecule has 0 aromatic heterocycles. The van der Waals surface area contributed by atoms with Crippen LogP contribution in [0.15, 0.2) is 24.3 Å². The summed E-state index contributed by atoms with van der Waals surface area (Å²) < 4.78 is 5.13. The molecule has 2 amide bonds. The van der Waals surface area contributed by atoms with Gasteiger partial charge in [0.05, 0.1) is 6.61 Å². The van der Waals surface area contributed by atoms with E-state index in [9.17, 15) is 9.59 Å². The minimum atomic E-state index is -0.580. The van der Waals surface area contributed by atoms with Crippen LogP contribution in [0.25, 0.3) is 0 Å².